The third-order valence-electron chi connectivity index (χ3n) is 2.40. The van der Waals surface area contributed by atoms with Crippen molar-refractivity contribution >= 4 is 11.0 Å². The van der Waals surface area contributed by atoms with Gasteiger partial charge in [0.2, 0.25) is 0 Å². The fourth-order valence-corrected chi connectivity index (χ4v) is 1.61. The van der Waals surface area contributed by atoms with Gasteiger partial charge in [-0.1, -0.05) is 6.07 Å². The maximum atomic E-state index is 5.49. The highest BCUT2D eigenvalue weighted by Crippen LogP contribution is 2.13. The van der Waals surface area contributed by atoms with E-state index in [1.54, 1.807) is 6.20 Å². The first kappa shape index (κ1) is 10.1. The molecule has 3 heteroatoms. The number of aryl methyl sites for hydroxylation is 2. The molecule has 0 spiro atoms. The largest absolute Gasteiger partial charge is 0.330 e. The molecule has 0 amide bonds. The molecule has 2 rings (SSSR count). The van der Waals surface area contributed by atoms with Gasteiger partial charge in [-0.2, -0.15) is 0 Å². The molecular weight excluding hydrogens is 186 g/mol. The van der Waals surface area contributed by atoms with Gasteiger partial charge in [0.15, 0.2) is 0 Å². The number of hydrogen-bond acceptors (Lipinski definition) is 3. The Balaban J connectivity index is 2.36. The fourth-order valence-electron chi connectivity index (χ4n) is 1.61. The summed E-state index contributed by atoms with van der Waals surface area (Å²) in [6, 6.07) is 6.22. The molecule has 15 heavy (non-hydrogen) atoms. The first-order valence-electron chi connectivity index (χ1n) is 5.22. The van der Waals surface area contributed by atoms with E-state index in [0.717, 1.165) is 36.1 Å². The SMILES string of the molecule is Cc1cnc2ccc(CCCN)cc2n1. The third kappa shape index (κ3) is 2.30. The van der Waals surface area contributed by atoms with Gasteiger partial charge in [0.1, 0.15) is 0 Å². The van der Waals surface area contributed by atoms with E-state index in [1.807, 2.05) is 13.0 Å². The van der Waals surface area contributed by atoms with Crippen molar-refractivity contribution in [1.82, 2.24) is 9.97 Å². The Labute approximate surface area is 89.4 Å². The molecule has 0 aliphatic carbocycles. The van der Waals surface area contributed by atoms with E-state index in [4.69, 9.17) is 5.73 Å². The minimum Gasteiger partial charge on any atom is -0.330 e. The predicted octanol–water partition coefficient (Wildman–Crippen LogP) is 1.83. The lowest BCUT2D eigenvalue weighted by molar-refractivity contribution is 0.833. The molecule has 0 atom stereocenters. The van der Waals surface area contributed by atoms with Gasteiger partial charge in [-0.15, -0.1) is 0 Å². The van der Waals surface area contributed by atoms with E-state index >= 15 is 0 Å². The summed E-state index contributed by atoms with van der Waals surface area (Å²) in [4.78, 5) is 8.77. The van der Waals surface area contributed by atoms with Crippen LogP contribution in [-0.2, 0) is 6.42 Å². The Kier molecular flexibility index (Phi) is 2.92. The molecule has 1 aromatic heterocycles. The van der Waals surface area contributed by atoms with Crippen LogP contribution in [0.1, 0.15) is 17.7 Å². The average molecular weight is 201 g/mol. The molecule has 1 heterocycles. The normalized spacial score (nSPS) is 10.8. The number of rotatable bonds is 3. The van der Waals surface area contributed by atoms with Crippen LogP contribution in [0.5, 0.6) is 0 Å². The zero-order valence-corrected chi connectivity index (χ0v) is 8.90. The van der Waals surface area contributed by atoms with Gasteiger partial charge in [0.25, 0.3) is 0 Å². The van der Waals surface area contributed by atoms with Crippen molar-refractivity contribution < 1.29 is 0 Å². The van der Waals surface area contributed by atoms with Gasteiger partial charge in [-0.25, -0.2) is 4.98 Å². The highest BCUT2D eigenvalue weighted by Gasteiger charge is 1.99. The van der Waals surface area contributed by atoms with E-state index in [1.165, 1.54) is 5.56 Å². The van der Waals surface area contributed by atoms with Gasteiger partial charge >= 0.3 is 0 Å². The fraction of sp³-hybridized carbons (Fsp3) is 0.333. The molecule has 0 aliphatic heterocycles. The first-order chi connectivity index (χ1) is 7.29. The minimum atomic E-state index is 0.734. The Hall–Kier alpha value is -1.48. The van der Waals surface area contributed by atoms with Crippen molar-refractivity contribution in [3.05, 3.63) is 35.7 Å². The maximum absolute atomic E-state index is 5.49. The number of nitrogens with two attached hydrogens (primary N) is 1. The van der Waals surface area contributed by atoms with Crippen molar-refractivity contribution in [2.24, 2.45) is 5.73 Å². The summed E-state index contributed by atoms with van der Waals surface area (Å²) in [7, 11) is 0. The standard InChI is InChI=1S/C12H15N3/c1-9-8-14-11-5-4-10(3-2-6-13)7-12(11)15-9/h4-5,7-8H,2-3,6,13H2,1H3. The van der Waals surface area contributed by atoms with Crippen LogP contribution in [-0.4, -0.2) is 16.5 Å². The molecule has 0 saturated heterocycles. The minimum absolute atomic E-state index is 0.734. The maximum Gasteiger partial charge on any atom is 0.0892 e. The summed E-state index contributed by atoms with van der Waals surface area (Å²) in [5, 5.41) is 0. The molecule has 2 aromatic rings. The molecule has 0 aliphatic rings. The summed E-state index contributed by atoms with van der Waals surface area (Å²) < 4.78 is 0. The summed E-state index contributed by atoms with van der Waals surface area (Å²) in [6.45, 7) is 2.69. The van der Waals surface area contributed by atoms with Crippen LogP contribution in [0, 0.1) is 6.92 Å². The first-order valence-corrected chi connectivity index (χ1v) is 5.22. The van der Waals surface area contributed by atoms with Crippen LogP contribution in [0.3, 0.4) is 0 Å². The second kappa shape index (κ2) is 4.36. The third-order valence-corrected chi connectivity index (χ3v) is 2.40. The molecule has 0 bridgehead atoms. The van der Waals surface area contributed by atoms with E-state index in [-0.39, 0.29) is 0 Å². The van der Waals surface area contributed by atoms with Gasteiger partial charge in [0, 0.05) is 6.20 Å². The van der Waals surface area contributed by atoms with Crippen LogP contribution in [0.25, 0.3) is 11.0 Å². The molecule has 3 nitrogen and oxygen atoms in total. The molecule has 78 valence electrons. The summed E-state index contributed by atoms with van der Waals surface area (Å²) in [6.07, 6.45) is 3.83. The van der Waals surface area contributed by atoms with Gasteiger partial charge in [-0.05, 0) is 44.0 Å². The quantitative estimate of drug-likeness (QED) is 0.824. The van der Waals surface area contributed by atoms with Crippen LogP contribution in [0.4, 0.5) is 0 Å². The molecule has 2 N–H and O–H groups in total. The summed E-state index contributed by atoms with van der Waals surface area (Å²) >= 11 is 0. The van der Waals surface area contributed by atoms with Crippen LogP contribution in [0.15, 0.2) is 24.4 Å². The Morgan fingerprint density at radius 2 is 2.13 bits per heavy atom. The molecule has 1 aromatic carbocycles. The number of hydrogen-bond donors (Lipinski definition) is 1. The van der Waals surface area contributed by atoms with Crippen molar-refractivity contribution in [2.75, 3.05) is 6.54 Å². The van der Waals surface area contributed by atoms with Gasteiger partial charge in [0.05, 0.1) is 16.7 Å². The van der Waals surface area contributed by atoms with E-state index in [0.29, 0.717) is 0 Å². The summed E-state index contributed by atoms with van der Waals surface area (Å²) in [5.41, 5.74) is 9.66. The summed E-state index contributed by atoms with van der Waals surface area (Å²) in [5.74, 6) is 0. The molecular formula is C12H15N3. The second-order valence-electron chi connectivity index (χ2n) is 3.73. The van der Waals surface area contributed by atoms with Gasteiger partial charge < -0.3 is 5.73 Å². The number of fused-ring (bicyclic) bond motifs is 1. The lowest BCUT2D eigenvalue weighted by atomic mass is 10.1. The van der Waals surface area contributed by atoms with E-state index in [2.05, 4.69) is 22.1 Å². The Morgan fingerprint density at radius 3 is 2.93 bits per heavy atom. The van der Waals surface area contributed by atoms with Crippen molar-refractivity contribution in [1.29, 1.82) is 0 Å². The smallest absolute Gasteiger partial charge is 0.0892 e. The lowest BCUT2D eigenvalue weighted by Gasteiger charge is -2.02. The van der Waals surface area contributed by atoms with E-state index < -0.39 is 0 Å². The van der Waals surface area contributed by atoms with Crippen LogP contribution < -0.4 is 5.73 Å². The topological polar surface area (TPSA) is 51.8 Å². The molecule has 0 unspecified atom stereocenters. The zero-order valence-electron chi connectivity index (χ0n) is 8.90. The molecule has 0 radical (unpaired) electrons. The highest BCUT2D eigenvalue weighted by molar-refractivity contribution is 5.74. The Morgan fingerprint density at radius 1 is 1.27 bits per heavy atom. The van der Waals surface area contributed by atoms with Gasteiger partial charge in [-0.3, -0.25) is 4.98 Å². The number of aromatic nitrogens is 2. The van der Waals surface area contributed by atoms with E-state index in [9.17, 15) is 0 Å². The predicted molar refractivity (Wildman–Crippen MR) is 61.7 cm³/mol. The highest BCUT2D eigenvalue weighted by atomic mass is 14.8. The number of benzene rings is 1. The zero-order chi connectivity index (χ0) is 10.7. The Bertz CT molecular complexity index is 465. The molecule has 0 fully saturated rings. The number of nitrogens with zero attached hydrogens (tertiary/aromatic N) is 2. The van der Waals surface area contributed by atoms with Crippen molar-refractivity contribution in [3.8, 4) is 0 Å². The lowest BCUT2D eigenvalue weighted by Crippen LogP contribution is -2.00. The second-order valence-corrected chi connectivity index (χ2v) is 3.73. The van der Waals surface area contributed by atoms with Crippen molar-refractivity contribution in [3.63, 3.8) is 0 Å². The van der Waals surface area contributed by atoms with Crippen molar-refractivity contribution in [2.45, 2.75) is 19.8 Å². The average Bonchev–Trinajstić information content (AvgIpc) is 2.25. The molecule has 0 saturated carbocycles. The van der Waals surface area contributed by atoms with Crippen LogP contribution >= 0.6 is 0 Å². The monoisotopic (exact) mass is 201 g/mol. The van der Waals surface area contributed by atoms with Crippen LogP contribution in [0.2, 0.25) is 0 Å².